The van der Waals surface area contributed by atoms with Crippen LogP contribution in [0.1, 0.15) is 35.1 Å². The molecule has 228 valence electrons. The van der Waals surface area contributed by atoms with Crippen LogP contribution in [-0.2, 0) is 44.8 Å². The van der Waals surface area contributed by atoms with Crippen LogP contribution in [0.3, 0.4) is 0 Å². The van der Waals surface area contributed by atoms with E-state index in [0.717, 1.165) is 39.6 Å². The average molecular weight is 609 g/mol. The molecule has 3 aromatic rings. The van der Waals surface area contributed by atoms with Gasteiger partial charge >= 0.3 is 5.97 Å². The van der Waals surface area contributed by atoms with E-state index >= 15 is 0 Å². The second kappa shape index (κ2) is 13.8. The molecule has 43 heavy (non-hydrogen) atoms. The number of anilines is 2. The highest BCUT2D eigenvalue weighted by Gasteiger charge is 2.29. The summed E-state index contributed by atoms with van der Waals surface area (Å²) in [6.07, 6.45) is 11.5. The summed E-state index contributed by atoms with van der Waals surface area (Å²) in [6, 6.07) is 11.3. The second-order valence-electron chi connectivity index (χ2n) is 9.70. The van der Waals surface area contributed by atoms with Crippen molar-refractivity contribution in [3.05, 3.63) is 96.3 Å². The molecule has 2 aromatic carbocycles. The number of esters is 1. The quantitative estimate of drug-likeness (QED) is 0.0704. The molecule has 1 aliphatic rings. The third-order valence-electron chi connectivity index (χ3n) is 7.11. The molecule has 4 rings (SSSR count). The van der Waals surface area contributed by atoms with Crippen molar-refractivity contribution in [3.8, 4) is 0 Å². The number of benzene rings is 2. The summed E-state index contributed by atoms with van der Waals surface area (Å²) in [5.41, 5.74) is 4.96. The summed E-state index contributed by atoms with van der Waals surface area (Å²) in [5.74, 6) is 0.859. The highest BCUT2D eigenvalue weighted by Crippen LogP contribution is 2.42. The van der Waals surface area contributed by atoms with E-state index in [2.05, 4.69) is 11.5 Å². The SMILES string of the molecule is C=CN1\C(=C/C=C/C=C/c2n(CCCS(=O)(=O)[O-])c3cc(COOC)ccc3[n+]2C)N(CC)c2cc(C(=O)OC)ccc21. The van der Waals surface area contributed by atoms with Crippen molar-refractivity contribution in [2.24, 2.45) is 7.05 Å². The fourth-order valence-electron chi connectivity index (χ4n) is 5.16. The van der Waals surface area contributed by atoms with Crippen LogP contribution in [0.15, 0.2) is 79.3 Å². The van der Waals surface area contributed by atoms with E-state index in [-0.39, 0.29) is 13.0 Å². The lowest BCUT2D eigenvalue weighted by atomic mass is 10.1. The largest absolute Gasteiger partial charge is 0.748 e. The van der Waals surface area contributed by atoms with Crippen LogP contribution in [0, 0.1) is 0 Å². The van der Waals surface area contributed by atoms with Gasteiger partial charge in [0.1, 0.15) is 12.4 Å². The molecule has 0 unspecified atom stereocenters. The van der Waals surface area contributed by atoms with Gasteiger partial charge in [-0.15, -0.1) is 0 Å². The van der Waals surface area contributed by atoms with Crippen LogP contribution in [0.5, 0.6) is 0 Å². The number of hydrogen-bond donors (Lipinski definition) is 0. The first kappa shape index (κ1) is 31.7. The lowest BCUT2D eigenvalue weighted by Crippen LogP contribution is -2.31. The van der Waals surface area contributed by atoms with Gasteiger partial charge in [0.15, 0.2) is 11.0 Å². The molecule has 11 nitrogen and oxygen atoms in total. The Morgan fingerprint density at radius 3 is 2.56 bits per heavy atom. The minimum Gasteiger partial charge on any atom is -0.748 e. The summed E-state index contributed by atoms with van der Waals surface area (Å²) in [6.45, 7) is 7.27. The van der Waals surface area contributed by atoms with E-state index in [1.807, 2.05) is 88.7 Å². The van der Waals surface area contributed by atoms with E-state index in [1.165, 1.54) is 14.2 Å². The van der Waals surface area contributed by atoms with Crippen molar-refractivity contribution in [1.29, 1.82) is 0 Å². The lowest BCUT2D eigenvalue weighted by Gasteiger charge is -2.21. The maximum Gasteiger partial charge on any atom is 0.337 e. The number of carbonyl (C=O) groups is 1. The van der Waals surface area contributed by atoms with Gasteiger partial charge in [0.05, 0.1) is 54.9 Å². The Bertz CT molecular complexity index is 1710. The molecule has 0 saturated carbocycles. The number of rotatable bonds is 13. The zero-order valence-corrected chi connectivity index (χ0v) is 25.5. The molecule has 1 aromatic heterocycles. The van der Waals surface area contributed by atoms with Crippen LogP contribution < -0.4 is 14.4 Å². The first-order chi connectivity index (χ1) is 20.6. The Morgan fingerprint density at radius 1 is 1.09 bits per heavy atom. The predicted molar refractivity (Wildman–Crippen MR) is 164 cm³/mol. The molecule has 2 heterocycles. The van der Waals surface area contributed by atoms with Crippen molar-refractivity contribution >= 4 is 44.6 Å². The molecular weight excluding hydrogens is 572 g/mol. The number of fused-ring (bicyclic) bond motifs is 2. The Morgan fingerprint density at radius 2 is 1.88 bits per heavy atom. The van der Waals surface area contributed by atoms with Crippen LogP contribution in [0.4, 0.5) is 11.4 Å². The zero-order chi connectivity index (χ0) is 31.1. The number of hydrogen-bond acceptors (Lipinski definition) is 9. The standard InChI is InChI=1S/C31H36N4O7S/c1-6-33-26-17-15-24(31(36)40-4)21-28(26)34(7-2)30(33)13-10-8-9-12-29-32(3)25-16-14-23(22-42-41-5)20-27(25)35(29)18-11-19-43(37,38)39/h6,8-10,12-17,20-21H,1,7,11,18-19,22H2,2-5H3. The van der Waals surface area contributed by atoms with Crippen LogP contribution >= 0.6 is 0 Å². The van der Waals surface area contributed by atoms with Gasteiger partial charge < -0.3 is 19.1 Å². The summed E-state index contributed by atoms with van der Waals surface area (Å²) in [4.78, 5) is 26.0. The van der Waals surface area contributed by atoms with Crippen LogP contribution in [-0.4, -0.2) is 50.0 Å². The topological polar surface area (TPSA) is 117 Å². The van der Waals surface area contributed by atoms with E-state index in [9.17, 15) is 17.8 Å². The van der Waals surface area contributed by atoms with Crippen molar-refractivity contribution < 1.29 is 36.8 Å². The third kappa shape index (κ3) is 7.05. The third-order valence-corrected chi connectivity index (χ3v) is 7.90. The first-order valence-electron chi connectivity index (χ1n) is 13.7. The number of carbonyl (C=O) groups excluding carboxylic acids is 1. The summed E-state index contributed by atoms with van der Waals surface area (Å²) in [5, 5.41) is 0. The molecular formula is C31H36N4O7S. The number of aryl methyl sites for hydroxylation is 2. The summed E-state index contributed by atoms with van der Waals surface area (Å²) >= 11 is 0. The number of ether oxygens (including phenoxy) is 1. The fraction of sp³-hybridized carbons (Fsp3) is 0.290. The Balaban J connectivity index is 1.63. The second-order valence-corrected chi connectivity index (χ2v) is 11.2. The summed E-state index contributed by atoms with van der Waals surface area (Å²) in [7, 11) is 0.404. The van der Waals surface area contributed by atoms with Gasteiger partial charge in [-0.3, -0.25) is 0 Å². The Labute approximate surface area is 251 Å². The molecule has 0 saturated heterocycles. The highest BCUT2D eigenvalue weighted by molar-refractivity contribution is 7.85. The molecule has 0 aliphatic carbocycles. The van der Waals surface area contributed by atoms with E-state index in [4.69, 9.17) is 14.5 Å². The van der Waals surface area contributed by atoms with E-state index in [0.29, 0.717) is 18.7 Å². The van der Waals surface area contributed by atoms with Gasteiger partial charge in [-0.25, -0.2) is 32.1 Å². The number of allylic oxidation sites excluding steroid dienone is 4. The summed E-state index contributed by atoms with van der Waals surface area (Å²) < 4.78 is 42.7. The van der Waals surface area contributed by atoms with Gasteiger partial charge in [-0.1, -0.05) is 30.9 Å². The normalized spacial score (nSPS) is 14.5. The smallest absolute Gasteiger partial charge is 0.337 e. The van der Waals surface area contributed by atoms with Crippen LogP contribution in [0.25, 0.3) is 17.1 Å². The number of nitrogens with zero attached hydrogens (tertiary/aromatic N) is 4. The number of imidazole rings is 1. The zero-order valence-electron chi connectivity index (χ0n) is 24.7. The maximum absolute atomic E-state index is 12.1. The van der Waals surface area contributed by atoms with E-state index < -0.39 is 21.8 Å². The van der Waals surface area contributed by atoms with Gasteiger partial charge in [0, 0.05) is 24.6 Å². The van der Waals surface area contributed by atoms with Gasteiger partial charge in [-0.2, -0.15) is 0 Å². The molecule has 0 spiro atoms. The molecule has 0 radical (unpaired) electrons. The molecule has 0 amide bonds. The lowest BCUT2D eigenvalue weighted by molar-refractivity contribution is -0.647. The van der Waals surface area contributed by atoms with Crippen molar-refractivity contribution in [2.45, 2.75) is 26.5 Å². The molecule has 0 bridgehead atoms. The van der Waals surface area contributed by atoms with Gasteiger partial charge in [0.25, 0.3) is 5.82 Å². The number of aromatic nitrogens is 2. The molecule has 0 atom stereocenters. The maximum atomic E-state index is 12.1. The van der Waals surface area contributed by atoms with Crippen molar-refractivity contribution in [2.75, 3.05) is 36.3 Å². The first-order valence-corrected chi connectivity index (χ1v) is 15.3. The fourth-order valence-corrected chi connectivity index (χ4v) is 5.64. The molecule has 0 N–H and O–H groups in total. The minimum atomic E-state index is -4.33. The van der Waals surface area contributed by atoms with Crippen LogP contribution in [0.2, 0.25) is 0 Å². The Kier molecular flexibility index (Phi) is 10.2. The number of methoxy groups -OCH3 is 1. The van der Waals surface area contributed by atoms with E-state index in [1.54, 1.807) is 12.3 Å². The average Bonchev–Trinajstić information content (AvgIpc) is 3.44. The Hall–Kier alpha value is -4.23. The van der Waals surface area contributed by atoms with Gasteiger partial charge in [-0.05, 0) is 55.3 Å². The molecule has 1 aliphatic heterocycles. The minimum absolute atomic E-state index is 0.180. The molecule has 12 heteroatoms. The predicted octanol–water partition coefficient (Wildman–Crippen LogP) is 4.17. The van der Waals surface area contributed by atoms with Crippen molar-refractivity contribution in [3.63, 3.8) is 0 Å². The monoisotopic (exact) mass is 608 g/mol. The van der Waals surface area contributed by atoms with Crippen molar-refractivity contribution in [1.82, 2.24) is 4.57 Å². The van der Waals surface area contributed by atoms with Gasteiger partial charge in [0.2, 0.25) is 0 Å². The molecule has 0 fully saturated rings. The highest BCUT2D eigenvalue weighted by atomic mass is 32.2.